The van der Waals surface area contributed by atoms with Crippen LogP contribution in [-0.4, -0.2) is 48.5 Å². The van der Waals surface area contributed by atoms with Crippen molar-refractivity contribution >= 4 is 23.3 Å². The second-order valence-corrected chi connectivity index (χ2v) is 7.31. The molecule has 2 aromatic rings. The molecule has 1 unspecified atom stereocenters. The zero-order valence-electron chi connectivity index (χ0n) is 14.7. The van der Waals surface area contributed by atoms with Gasteiger partial charge in [-0.2, -0.15) is 0 Å². The smallest absolute Gasteiger partial charge is 0.256 e. The van der Waals surface area contributed by atoms with E-state index in [0.29, 0.717) is 17.1 Å². The van der Waals surface area contributed by atoms with Crippen molar-refractivity contribution in [2.45, 2.75) is 18.9 Å². The lowest BCUT2D eigenvalue weighted by atomic mass is 10.0. The average Bonchev–Trinajstić information content (AvgIpc) is 3.22. The zero-order valence-corrected chi connectivity index (χ0v) is 15.5. The standard InChI is InChI=1S/C20H23ClN4O/c21-17-5-3-4-15(12-17)18-14-22-8-11-25(18)20(26)16-6-7-19(23-13-16)24-9-1-2-10-24/h3-7,12-13,18,22H,1-2,8-11,14H2. The Morgan fingerprint density at radius 3 is 2.73 bits per heavy atom. The molecule has 1 aromatic carbocycles. The number of anilines is 1. The summed E-state index contributed by atoms with van der Waals surface area (Å²) in [7, 11) is 0. The number of amides is 1. The fraction of sp³-hybridized carbons (Fsp3) is 0.400. The summed E-state index contributed by atoms with van der Waals surface area (Å²) in [5.74, 6) is 0.989. The van der Waals surface area contributed by atoms with Crippen LogP contribution in [-0.2, 0) is 0 Å². The molecule has 2 aliphatic rings. The first kappa shape index (κ1) is 17.3. The number of benzene rings is 1. The highest BCUT2D eigenvalue weighted by Crippen LogP contribution is 2.26. The third-order valence-corrected chi connectivity index (χ3v) is 5.40. The molecule has 0 aliphatic carbocycles. The largest absolute Gasteiger partial charge is 0.357 e. The molecule has 2 aliphatic heterocycles. The van der Waals surface area contributed by atoms with E-state index in [1.807, 2.05) is 41.3 Å². The van der Waals surface area contributed by atoms with Crippen molar-refractivity contribution < 1.29 is 4.79 Å². The lowest BCUT2D eigenvalue weighted by molar-refractivity contribution is 0.0634. The first-order valence-corrected chi connectivity index (χ1v) is 9.58. The molecule has 2 fully saturated rings. The molecule has 1 aromatic heterocycles. The number of halogens is 1. The third kappa shape index (κ3) is 3.55. The van der Waals surface area contributed by atoms with Crippen LogP contribution < -0.4 is 10.2 Å². The third-order valence-electron chi connectivity index (χ3n) is 5.16. The number of nitrogens with one attached hydrogen (secondary N) is 1. The van der Waals surface area contributed by atoms with Crippen molar-refractivity contribution in [2.75, 3.05) is 37.6 Å². The molecule has 0 bridgehead atoms. The van der Waals surface area contributed by atoms with Gasteiger partial charge in [-0.1, -0.05) is 23.7 Å². The predicted octanol–water partition coefficient (Wildman–Crippen LogP) is 3.12. The van der Waals surface area contributed by atoms with E-state index in [1.54, 1.807) is 6.20 Å². The van der Waals surface area contributed by atoms with Gasteiger partial charge >= 0.3 is 0 Å². The Labute approximate surface area is 159 Å². The summed E-state index contributed by atoms with van der Waals surface area (Å²) in [6, 6.07) is 11.6. The molecule has 1 atom stereocenters. The minimum Gasteiger partial charge on any atom is -0.357 e. The second kappa shape index (κ2) is 7.64. The van der Waals surface area contributed by atoms with Crippen molar-refractivity contribution in [3.63, 3.8) is 0 Å². The van der Waals surface area contributed by atoms with Crippen molar-refractivity contribution in [1.82, 2.24) is 15.2 Å². The van der Waals surface area contributed by atoms with Crippen molar-refractivity contribution in [3.05, 3.63) is 58.7 Å². The fourth-order valence-corrected chi connectivity index (χ4v) is 3.97. The van der Waals surface area contributed by atoms with Gasteiger partial charge in [0.25, 0.3) is 5.91 Å². The van der Waals surface area contributed by atoms with Gasteiger partial charge in [0.2, 0.25) is 0 Å². The first-order valence-electron chi connectivity index (χ1n) is 9.20. The number of nitrogens with zero attached hydrogens (tertiary/aromatic N) is 3. The SMILES string of the molecule is O=C(c1ccc(N2CCCC2)nc1)N1CCNCC1c1cccc(Cl)c1. The van der Waals surface area contributed by atoms with Crippen LogP contribution in [0.25, 0.3) is 0 Å². The van der Waals surface area contributed by atoms with Gasteiger partial charge in [-0.15, -0.1) is 0 Å². The number of carbonyl (C=O) groups is 1. The summed E-state index contributed by atoms with van der Waals surface area (Å²) in [5.41, 5.74) is 1.70. The topological polar surface area (TPSA) is 48.5 Å². The lowest BCUT2D eigenvalue weighted by Crippen LogP contribution is -2.48. The minimum atomic E-state index is -0.0202. The average molecular weight is 371 g/mol. The quantitative estimate of drug-likeness (QED) is 0.901. The first-order chi connectivity index (χ1) is 12.7. The summed E-state index contributed by atoms with van der Waals surface area (Å²) in [6.45, 7) is 4.29. The molecular formula is C20H23ClN4O. The summed E-state index contributed by atoms with van der Waals surface area (Å²) < 4.78 is 0. The van der Waals surface area contributed by atoms with E-state index < -0.39 is 0 Å². The molecule has 1 amide bonds. The Morgan fingerprint density at radius 1 is 1.15 bits per heavy atom. The number of carbonyl (C=O) groups excluding carboxylic acids is 1. The molecule has 3 heterocycles. The normalized spacial score (nSPS) is 20.4. The Hall–Kier alpha value is -2.11. The van der Waals surface area contributed by atoms with Crippen LogP contribution in [0.15, 0.2) is 42.6 Å². The van der Waals surface area contributed by atoms with Crippen LogP contribution >= 0.6 is 11.6 Å². The van der Waals surface area contributed by atoms with Crippen LogP contribution in [0.5, 0.6) is 0 Å². The molecule has 1 N–H and O–H groups in total. The number of hydrogen-bond acceptors (Lipinski definition) is 4. The number of aromatic nitrogens is 1. The van der Waals surface area contributed by atoms with Gasteiger partial charge in [0.05, 0.1) is 11.6 Å². The van der Waals surface area contributed by atoms with Gasteiger partial charge in [0, 0.05) is 43.9 Å². The van der Waals surface area contributed by atoms with Gasteiger partial charge in [0.15, 0.2) is 0 Å². The molecule has 6 heteroatoms. The minimum absolute atomic E-state index is 0.0202. The van der Waals surface area contributed by atoms with Crippen LogP contribution in [0.3, 0.4) is 0 Å². The molecule has 0 saturated carbocycles. The molecular weight excluding hydrogens is 348 g/mol. The van der Waals surface area contributed by atoms with Gasteiger partial charge in [0.1, 0.15) is 5.82 Å². The monoisotopic (exact) mass is 370 g/mol. The number of rotatable bonds is 3. The predicted molar refractivity (Wildman–Crippen MR) is 104 cm³/mol. The van der Waals surface area contributed by atoms with E-state index in [2.05, 4.69) is 15.2 Å². The van der Waals surface area contributed by atoms with Gasteiger partial charge in [-0.3, -0.25) is 4.79 Å². The second-order valence-electron chi connectivity index (χ2n) is 6.87. The van der Waals surface area contributed by atoms with Crippen LogP contribution in [0, 0.1) is 0 Å². The van der Waals surface area contributed by atoms with Crippen molar-refractivity contribution in [3.8, 4) is 0 Å². The highest BCUT2D eigenvalue weighted by molar-refractivity contribution is 6.30. The van der Waals surface area contributed by atoms with Crippen LogP contribution in [0.1, 0.15) is 34.8 Å². The Balaban J connectivity index is 1.55. The summed E-state index contributed by atoms with van der Waals surface area (Å²) in [6.07, 6.45) is 4.14. The maximum Gasteiger partial charge on any atom is 0.256 e. The highest BCUT2D eigenvalue weighted by atomic mass is 35.5. The zero-order chi connectivity index (χ0) is 17.9. The summed E-state index contributed by atoms with van der Waals surface area (Å²) in [4.78, 5) is 21.8. The molecule has 26 heavy (non-hydrogen) atoms. The van der Waals surface area contributed by atoms with Crippen molar-refractivity contribution in [2.24, 2.45) is 0 Å². The molecule has 4 rings (SSSR count). The van der Waals surface area contributed by atoms with E-state index >= 15 is 0 Å². The fourth-order valence-electron chi connectivity index (χ4n) is 3.77. The van der Waals surface area contributed by atoms with E-state index in [1.165, 1.54) is 12.8 Å². The van der Waals surface area contributed by atoms with E-state index in [9.17, 15) is 4.79 Å². The Morgan fingerprint density at radius 2 is 2.00 bits per heavy atom. The maximum atomic E-state index is 13.1. The highest BCUT2D eigenvalue weighted by Gasteiger charge is 2.29. The van der Waals surface area contributed by atoms with Gasteiger partial charge in [-0.05, 0) is 42.7 Å². The maximum absolute atomic E-state index is 13.1. The molecule has 136 valence electrons. The molecule has 5 nitrogen and oxygen atoms in total. The van der Waals surface area contributed by atoms with Crippen molar-refractivity contribution in [1.29, 1.82) is 0 Å². The van der Waals surface area contributed by atoms with Crippen LogP contribution in [0.2, 0.25) is 5.02 Å². The number of piperazine rings is 1. The Kier molecular flexibility index (Phi) is 5.09. The van der Waals surface area contributed by atoms with E-state index in [0.717, 1.165) is 37.6 Å². The summed E-state index contributed by atoms with van der Waals surface area (Å²) >= 11 is 6.15. The van der Waals surface area contributed by atoms with Gasteiger partial charge < -0.3 is 15.1 Å². The van der Waals surface area contributed by atoms with E-state index in [4.69, 9.17) is 11.6 Å². The van der Waals surface area contributed by atoms with E-state index in [-0.39, 0.29) is 11.9 Å². The van der Waals surface area contributed by atoms with Gasteiger partial charge in [-0.25, -0.2) is 4.98 Å². The van der Waals surface area contributed by atoms with Crippen LogP contribution in [0.4, 0.5) is 5.82 Å². The molecule has 0 spiro atoms. The lowest BCUT2D eigenvalue weighted by Gasteiger charge is -2.36. The molecule has 2 saturated heterocycles. The Bertz CT molecular complexity index is 774. The number of hydrogen-bond donors (Lipinski definition) is 1. The molecule has 0 radical (unpaired) electrons. The number of pyridine rings is 1. The summed E-state index contributed by atoms with van der Waals surface area (Å²) in [5, 5.41) is 4.07.